The second kappa shape index (κ2) is 11.5. The van der Waals surface area contributed by atoms with E-state index < -0.39 is 38.0 Å². The molecule has 0 fully saturated rings. The number of hydrogen-bond acceptors (Lipinski definition) is 5. The maximum absolute atomic E-state index is 13.8. The van der Waals surface area contributed by atoms with Crippen LogP contribution in [0.15, 0.2) is 67.4 Å². The highest BCUT2D eigenvalue weighted by atomic mass is 31.1. The van der Waals surface area contributed by atoms with Crippen molar-refractivity contribution >= 4 is 14.0 Å². The van der Waals surface area contributed by atoms with Crippen molar-refractivity contribution in [2.45, 2.75) is 44.9 Å². The molecule has 0 saturated carbocycles. The highest BCUT2D eigenvalue weighted by Gasteiger charge is 2.44. The van der Waals surface area contributed by atoms with Gasteiger partial charge in [-0.3, -0.25) is 9.78 Å². The second-order valence-electron chi connectivity index (χ2n) is 8.46. The number of aliphatic hydroxyl groups is 1. The number of carbonyl (C=O) groups excluding carboxylic acids is 1. The Kier molecular flexibility index (Phi) is 8.62. The molecule has 3 atom stereocenters. The average molecular weight is 496 g/mol. The average Bonchev–Trinajstić information content (AvgIpc) is 2.80. The van der Waals surface area contributed by atoms with Gasteiger partial charge in [-0.05, 0) is 46.2 Å². The summed E-state index contributed by atoms with van der Waals surface area (Å²) in [5, 5.41) is 11.0. The Morgan fingerprint density at radius 1 is 1.14 bits per heavy atom. The van der Waals surface area contributed by atoms with Crippen molar-refractivity contribution in [1.29, 1.82) is 0 Å². The van der Waals surface area contributed by atoms with Gasteiger partial charge in [0, 0.05) is 11.1 Å². The van der Waals surface area contributed by atoms with E-state index in [1.54, 1.807) is 12.1 Å². The molecule has 3 rings (SSSR count). The molecule has 2 N–H and O–H groups in total. The van der Waals surface area contributed by atoms with E-state index in [9.17, 15) is 23.7 Å². The van der Waals surface area contributed by atoms with E-state index in [0.717, 1.165) is 11.8 Å². The summed E-state index contributed by atoms with van der Waals surface area (Å²) in [5.41, 5.74) is 2.91. The minimum absolute atomic E-state index is 0.197. The Morgan fingerprint density at radius 3 is 2.31 bits per heavy atom. The van der Waals surface area contributed by atoms with E-state index in [-0.39, 0.29) is 5.92 Å². The van der Waals surface area contributed by atoms with Crippen molar-refractivity contribution in [1.82, 2.24) is 4.98 Å². The minimum Gasteiger partial charge on any atom is -0.435 e. The lowest BCUT2D eigenvalue weighted by Gasteiger charge is -2.24. The fourth-order valence-electron chi connectivity index (χ4n) is 4.19. The fourth-order valence-corrected chi connectivity index (χ4v) is 5.07. The third kappa shape index (κ3) is 5.88. The molecule has 8 heteroatoms. The van der Waals surface area contributed by atoms with Crippen LogP contribution in [-0.2, 0) is 14.1 Å². The smallest absolute Gasteiger partial charge is 0.435 e. The highest BCUT2D eigenvalue weighted by molar-refractivity contribution is 7.38. The van der Waals surface area contributed by atoms with E-state index in [2.05, 4.69) is 6.58 Å². The predicted octanol–water partition coefficient (Wildman–Crippen LogP) is 6.20. The van der Waals surface area contributed by atoms with Gasteiger partial charge < -0.3 is 9.84 Å². The molecule has 0 aliphatic heterocycles. The molecule has 0 amide bonds. The van der Waals surface area contributed by atoms with Gasteiger partial charge in [0.25, 0.3) is 0 Å². The van der Waals surface area contributed by atoms with Crippen molar-refractivity contribution in [3.8, 4) is 22.4 Å². The van der Waals surface area contributed by atoms with Crippen LogP contribution in [0.5, 0.6) is 0 Å². The van der Waals surface area contributed by atoms with Crippen LogP contribution >= 0.6 is 8.03 Å². The number of aromatic nitrogens is 1. The number of hydrogen-bond donors (Lipinski definition) is 2. The number of nitrogens with zero attached hydrogens (tertiary/aromatic N) is 1. The summed E-state index contributed by atoms with van der Waals surface area (Å²) < 4.78 is 31.2. The van der Waals surface area contributed by atoms with Gasteiger partial charge in [0.15, 0.2) is 0 Å². The van der Waals surface area contributed by atoms with Gasteiger partial charge in [-0.2, -0.15) is 4.89 Å². The number of rotatable bonds is 9. The molecule has 3 unspecified atom stereocenters. The van der Waals surface area contributed by atoms with Crippen LogP contribution in [-0.4, -0.2) is 27.1 Å². The number of aliphatic hydroxyl groups excluding tert-OH is 1. The summed E-state index contributed by atoms with van der Waals surface area (Å²) in [7, 11) is -3.00. The van der Waals surface area contributed by atoms with Crippen LogP contribution in [0.25, 0.3) is 22.4 Å². The summed E-state index contributed by atoms with van der Waals surface area (Å²) in [4.78, 5) is 27.3. The summed E-state index contributed by atoms with van der Waals surface area (Å²) in [6.07, 6.45) is -1.11. The van der Waals surface area contributed by atoms with Gasteiger partial charge in [0.05, 0.1) is 24.1 Å². The van der Waals surface area contributed by atoms with Crippen molar-refractivity contribution in [2.75, 3.05) is 0 Å². The Hall–Kier alpha value is -3.25. The van der Waals surface area contributed by atoms with Gasteiger partial charge >= 0.3 is 14.0 Å². The Labute approximate surface area is 205 Å². The molecule has 0 spiro atoms. The normalized spacial score (nSPS) is 13.3. The first-order chi connectivity index (χ1) is 16.6. The monoisotopic (exact) mass is 496 g/mol. The first kappa shape index (κ1) is 26.4. The summed E-state index contributed by atoms with van der Waals surface area (Å²) >= 11 is 0. The van der Waals surface area contributed by atoms with E-state index in [1.165, 1.54) is 12.1 Å². The molecule has 2 aromatic carbocycles. The zero-order chi connectivity index (χ0) is 25.7. The Balaban J connectivity index is 2.37. The standard InChI is InChI=1S/C27H27FNO5P/c1-5-34-22(31)15-21(30)27(35(32)33)24-23(18-11-13-20(28)14-12-18)17(4)26(29-25(24)16(2)3)19-9-7-6-8-10-19/h5-14,16,21,27,30H,1,15H2,2-4H3/p+1. The third-order valence-corrected chi connectivity index (χ3v) is 6.80. The quantitative estimate of drug-likeness (QED) is 0.208. The topological polar surface area (TPSA) is 96.7 Å². The number of pyridine rings is 1. The molecule has 0 bridgehead atoms. The molecular weight excluding hydrogens is 468 g/mol. The summed E-state index contributed by atoms with van der Waals surface area (Å²) in [6.45, 7) is 8.94. The van der Waals surface area contributed by atoms with Crippen molar-refractivity contribution in [2.24, 2.45) is 0 Å². The van der Waals surface area contributed by atoms with Crippen LogP contribution in [0.3, 0.4) is 0 Å². The van der Waals surface area contributed by atoms with E-state index in [4.69, 9.17) is 9.72 Å². The molecule has 0 aliphatic rings. The van der Waals surface area contributed by atoms with Crippen molar-refractivity contribution in [3.05, 3.63) is 90.1 Å². The first-order valence-electron chi connectivity index (χ1n) is 11.1. The van der Waals surface area contributed by atoms with Crippen molar-refractivity contribution < 1.29 is 28.5 Å². The minimum atomic E-state index is -3.00. The number of halogens is 1. The maximum atomic E-state index is 13.8. The molecule has 1 aromatic heterocycles. The Morgan fingerprint density at radius 2 is 1.77 bits per heavy atom. The predicted molar refractivity (Wildman–Crippen MR) is 133 cm³/mol. The highest BCUT2D eigenvalue weighted by Crippen LogP contribution is 2.50. The fraction of sp³-hybridized carbons (Fsp3) is 0.259. The van der Waals surface area contributed by atoms with E-state index in [1.807, 2.05) is 51.1 Å². The van der Waals surface area contributed by atoms with Crippen LogP contribution in [0.2, 0.25) is 0 Å². The van der Waals surface area contributed by atoms with Gasteiger partial charge in [-0.15, -0.1) is 0 Å². The molecule has 182 valence electrons. The molecule has 3 aromatic rings. The molecule has 1 heterocycles. The zero-order valence-corrected chi connectivity index (χ0v) is 20.7. The molecule has 35 heavy (non-hydrogen) atoms. The van der Waals surface area contributed by atoms with Crippen LogP contribution in [0.4, 0.5) is 4.39 Å². The summed E-state index contributed by atoms with van der Waals surface area (Å²) in [5.74, 6) is -1.40. The summed E-state index contributed by atoms with van der Waals surface area (Å²) in [6, 6.07) is 15.3. The molecular formula is C27H28FNO5P+. The van der Waals surface area contributed by atoms with Gasteiger partial charge in [0.1, 0.15) is 11.9 Å². The lowest BCUT2D eigenvalue weighted by Crippen LogP contribution is -2.23. The number of ether oxygens (including phenoxy) is 1. The number of benzene rings is 2. The SMILES string of the molecule is C=COC(=O)CC(O)C(c1c(C(C)C)nc(-c2ccccc2)c(C)c1-c1ccc(F)cc1)[P+](=O)O. The molecule has 6 nitrogen and oxygen atoms in total. The maximum Gasteiger partial charge on any atom is 0.516 e. The van der Waals surface area contributed by atoms with E-state index >= 15 is 0 Å². The number of carbonyl (C=O) groups is 1. The van der Waals surface area contributed by atoms with Crippen LogP contribution in [0, 0.1) is 12.7 Å². The van der Waals surface area contributed by atoms with Gasteiger partial charge in [0.2, 0.25) is 5.66 Å². The van der Waals surface area contributed by atoms with Crippen LogP contribution in [0.1, 0.15) is 48.7 Å². The van der Waals surface area contributed by atoms with Crippen LogP contribution < -0.4 is 0 Å². The van der Waals surface area contributed by atoms with Gasteiger partial charge in [-0.1, -0.05) is 62.9 Å². The Bertz CT molecular complexity index is 1230. The van der Waals surface area contributed by atoms with Gasteiger partial charge in [-0.25, -0.2) is 4.39 Å². The lowest BCUT2D eigenvalue weighted by molar-refractivity contribution is -0.140. The lowest BCUT2D eigenvalue weighted by atomic mass is 9.85. The second-order valence-corrected chi connectivity index (χ2v) is 9.62. The molecule has 0 saturated heterocycles. The zero-order valence-electron chi connectivity index (χ0n) is 19.8. The molecule has 0 aliphatic carbocycles. The van der Waals surface area contributed by atoms with E-state index in [0.29, 0.717) is 33.6 Å². The first-order valence-corrected chi connectivity index (χ1v) is 12.4. The third-order valence-electron chi connectivity index (χ3n) is 5.72. The molecule has 0 radical (unpaired) electrons. The van der Waals surface area contributed by atoms with Crippen molar-refractivity contribution in [3.63, 3.8) is 0 Å². The largest absolute Gasteiger partial charge is 0.516 e. The number of esters is 1.